The Morgan fingerprint density at radius 2 is 2.50 bits per heavy atom. The van der Waals surface area contributed by atoms with E-state index in [2.05, 4.69) is 10.3 Å². The van der Waals surface area contributed by atoms with Gasteiger partial charge in [-0.15, -0.1) is 0 Å². The summed E-state index contributed by atoms with van der Waals surface area (Å²) in [5.74, 6) is 0.903. The second-order valence-electron chi connectivity index (χ2n) is 2.87. The van der Waals surface area contributed by atoms with Crippen molar-refractivity contribution in [2.75, 3.05) is 19.0 Å². The van der Waals surface area contributed by atoms with Crippen LogP contribution in [0.3, 0.4) is 0 Å². The first-order chi connectivity index (χ1) is 5.92. The second kappa shape index (κ2) is 3.01. The largest absolute Gasteiger partial charge is 0.494 e. The van der Waals surface area contributed by atoms with Crippen molar-refractivity contribution in [3.05, 3.63) is 18.0 Å². The molecule has 0 unspecified atom stereocenters. The Morgan fingerprint density at radius 1 is 1.58 bits per heavy atom. The number of ether oxygens (including phenoxy) is 1. The van der Waals surface area contributed by atoms with Crippen LogP contribution in [0.1, 0.15) is 12.1 Å². The van der Waals surface area contributed by atoms with Crippen molar-refractivity contribution < 1.29 is 4.74 Å². The predicted octanol–water partition coefficient (Wildman–Crippen LogP) is 1.45. The van der Waals surface area contributed by atoms with Crippen LogP contribution in [0.2, 0.25) is 0 Å². The van der Waals surface area contributed by atoms with Crippen molar-refractivity contribution in [3.63, 3.8) is 0 Å². The quantitative estimate of drug-likeness (QED) is 0.682. The summed E-state index contributed by atoms with van der Waals surface area (Å²) in [7, 11) is 1.69. The molecule has 0 saturated heterocycles. The molecule has 64 valence electrons. The van der Waals surface area contributed by atoms with E-state index in [0.717, 1.165) is 36.5 Å². The van der Waals surface area contributed by atoms with Gasteiger partial charge in [0.05, 0.1) is 18.5 Å². The number of fused-ring (bicyclic) bond motifs is 1. The summed E-state index contributed by atoms with van der Waals surface area (Å²) in [5.41, 5.74) is 2.20. The van der Waals surface area contributed by atoms with Crippen LogP contribution in [-0.4, -0.2) is 18.6 Å². The first-order valence-electron chi connectivity index (χ1n) is 4.17. The van der Waals surface area contributed by atoms with Crippen LogP contribution in [0.15, 0.2) is 12.3 Å². The van der Waals surface area contributed by atoms with Gasteiger partial charge in [-0.05, 0) is 12.8 Å². The van der Waals surface area contributed by atoms with E-state index >= 15 is 0 Å². The van der Waals surface area contributed by atoms with Crippen molar-refractivity contribution in [3.8, 4) is 5.75 Å². The molecule has 12 heavy (non-hydrogen) atoms. The lowest BCUT2D eigenvalue weighted by molar-refractivity contribution is 0.414. The maximum Gasteiger partial charge on any atom is 0.145 e. The summed E-state index contributed by atoms with van der Waals surface area (Å²) >= 11 is 0. The first kappa shape index (κ1) is 7.40. The van der Waals surface area contributed by atoms with Gasteiger partial charge in [0.1, 0.15) is 5.75 Å². The van der Waals surface area contributed by atoms with Crippen LogP contribution in [-0.2, 0) is 6.42 Å². The van der Waals surface area contributed by atoms with Crippen LogP contribution >= 0.6 is 0 Å². The Morgan fingerprint density at radius 3 is 3.33 bits per heavy atom. The molecule has 1 N–H and O–H groups in total. The van der Waals surface area contributed by atoms with E-state index < -0.39 is 0 Å². The fourth-order valence-corrected chi connectivity index (χ4v) is 1.50. The minimum atomic E-state index is 0.903. The minimum absolute atomic E-state index is 0.903. The fourth-order valence-electron chi connectivity index (χ4n) is 1.50. The lowest BCUT2D eigenvalue weighted by Crippen LogP contribution is -2.13. The molecule has 0 aliphatic carbocycles. The lowest BCUT2D eigenvalue weighted by Gasteiger charge is -2.18. The third-order valence-electron chi connectivity index (χ3n) is 2.10. The molecule has 1 aliphatic rings. The normalized spacial score (nSPS) is 14.8. The fraction of sp³-hybridized carbons (Fsp3) is 0.444. The molecule has 3 nitrogen and oxygen atoms in total. The maximum atomic E-state index is 5.21. The molecule has 1 aromatic heterocycles. The van der Waals surface area contributed by atoms with Gasteiger partial charge in [0.25, 0.3) is 0 Å². The second-order valence-corrected chi connectivity index (χ2v) is 2.87. The van der Waals surface area contributed by atoms with Crippen LogP contribution in [0.4, 0.5) is 5.69 Å². The van der Waals surface area contributed by atoms with Gasteiger partial charge < -0.3 is 10.1 Å². The molecule has 0 aromatic carbocycles. The highest BCUT2D eigenvalue weighted by atomic mass is 16.5. The smallest absolute Gasteiger partial charge is 0.145 e. The molecule has 0 saturated carbocycles. The molecule has 3 heteroatoms. The monoisotopic (exact) mass is 164 g/mol. The number of hydrogen-bond donors (Lipinski definition) is 1. The Labute approximate surface area is 71.8 Å². The lowest BCUT2D eigenvalue weighted by atomic mass is 10.1. The van der Waals surface area contributed by atoms with E-state index in [1.54, 1.807) is 13.3 Å². The zero-order chi connectivity index (χ0) is 8.39. The Kier molecular flexibility index (Phi) is 1.86. The summed E-state index contributed by atoms with van der Waals surface area (Å²) in [5, 5.41) is 3.29. The molecule has 0 fully saturated rings. The molecule has 1 aromatic rings. The number of aromatic nitrogens is 1. The van der Waals surface area contributed by atoms with Gasteiger partial charge in [-0.1, -0.05) is 0 Å². The van der Waals surface area contributed by atoms with Crippen molar-refractivity contribution in [2.24, 2.45) is 0 Å². The SMILES string of the molecule is COc1ccnc2c1NCCC2. The summed E-state index contributed by atoms with van der Waals surface area (Å²) in [6, 6.07) is 1.89. The van der Waals surface area contributed by atoms with E-state index in [4.69, 9.17) is 4.74 Å². The zero-order valence-corrected chi connectivity index (χ0v) is 7.13. The van der Waals surface area contributed by atoms with Crippen molar-refractivity contribution >= 4 is 5.69 Å². The zero-order valence-electron chi connectivity index (χ0n) is 7.13. The number of anilines is 1. The maximum absolute atomic E-state index is 5.21. The summed E-state index contributed by atoms with van der Waals surface area (Å²) in [4.78, 5) is 4.29. The molecule has 2 rings (SSSR count). The van der Waals surface area contributed by atoms with E-state index in [1.807, 2.05) is 6.07 Å². The standard InChI is InChI=1S/C9H12N2O/c1-12-8-4-6-10-7-3-2-5-11-9(7)8/h4,6,11H,2-3,5H2,1H3. The number of hydrogen-bond acceptors (Lipinski definition) is 3. The molecular weight excluding hydrogens is 152 g/mol. The van der Waals surface area contributed by atoms with Crippen LogP contribution in [0, 0.1) is 0 Å². The molecular formula is C9H12N2O. The van der Waals surface area contributed by atoms with Gasteiger partial charge in [-0.25, -0.2) is 0 Å². The average Bonchev–Trinajstić information content (AvgIpc) is 2.17. The number of nitrogens with one attached hydrogen (secondary N) is 1. The highest BCUT2D eigenvalue weighted by molar-refractivity contribution is 5.60. The average molecular weight is 164 g/mol. The Bertz CT molecular complexity index is 272. The van der Waals surface area contributed by atoms with Crippen molar-refractivity contribution in [1.29, 1.82) is 0 Å². The third-order valence-corrected chi connectivity index (χ3v) is 2.10. The molecule has 1 aliphatic heterocycles. The van der Waals surface area contributed by atoms with Gasteiger partial charge in [-0.2, -0.15) is 0 Å². The van der Waals surface area contributed by atoms with E-state index in [0.29, 0.717) is 0 Å². The van der Waals surface area contributed by atoms with E-state index in [-0.39, 0.29) is 0 Å². The van der Waals surface area contributed by atoms with Crippen molar-refractivity contribution in [2.45, 2.75) is 12.8 Å². The first-order valence-corrected chi connectivity index (χ1v) is 4.17. The molecule has 0 amide bonds. The highest BCUT2D eigenvalue weighted by Crippen LogP contribution is 2.29. The predicted molar refractivity (Wildman–Crippen MR) is 47.6 cm³/mol. The highest BCUT2D eigenvalue weighted by Gasteiger charge is 2.13. The topological polar surface area (TPSA) is 34.1 Å². The van der Waals surface area contributed by atoms with E-state index in [9.17, 15) is 0 Å². The molecule has 0 spiro atoms. The van der Waals surface area contributed by atoms with Gasteiger partial charge in [0.15, 0.2) is 0 Å². The number of aryl methyl sites for hydroxylation is 1. The van der Waals surface area contributed by atoms with Crippen LogP contribution in [0.25, 0.3) is 0 Å². The van der Waals surface area contributed by atoms with Crippen LogP contribution in [0.5, 0.6) is 5.75 Å². The summed E-state index contributed by atoms with van der Waals surface area (Å²) in [6.07, 6.45) is 4.01. The van der Waals surface area contributed by atoms with Gasteiger partial charge in [0, 0.05) is 18.8 Å². The molecule has 0 atom stereocenters. The summed E-state index contributed by atoms with van der Waals surface area (Å²) < 4.78 is 5.21. The number of rotatable bonds is 1. The number of methoxy groups -OCH3 is 1. The van der Waals surface area contributed by atoms with Gasteiger partial charge in [0.2, 0.25) is 0 Å². The van der Waals surface area contributed by atoms with Crippen molar-refractivity contribution in [1.82, 2.24) is 4.98 Å². The van der Waals surface area contributed by atoms with Gasteiger partial charge in [-0.3, -0.25) is 4.98 Å². The summed E-state index contributed by atoms with van der Waals surface area (Å²) in [6.45, 7) is 1.02. The minimum Gasteiger partial charge on any atom is -0.494 e. The van der Waals surface area contributed by atoms with Gasteiger partial charge >= 0.3 is 0 Å². The Hall–Kier alpha value is -1.25. The number of nitrogens with zero attached hydrogens (tertiary/aromatic N) is 1. The van der Waals surface area contributed by atoms with E-state index in [1.165, 1.54) is 0 Å². The Balaban J connectivity index is 2.44. The van der Waals surface area contributed by atoms with Crippen LogP contribution < -0.4 is 10.1 Å². The number of pyridine rings is 1. The molecule has 2 heterocycles. The molecule has 0 radical (unpaired) electrons. The third kappa shape index (κ3) is 1.11. The molecule has 0 bridgehead atoms.